The summed E-state index contributed by atoms with van der Waals surface area (Å²) in [5, 5.41) is 15.0. The number of nitrogens with zero attached hydrogens (tertiary/aromatic N) is 4. The fraction of sp³-hybridized carbons (Fsp3) is 0.636. The third-order valence-electron chi connectivity index (χ3n) is 7.06. The molecule has 5 rings (SSSR count). The Bertz CT molecular complexity index is 835. The van der Waals surface area contributed by atoms with Crippen molar-refractivity contribution in [2.75, 3.05) is 39.4 Å². The van der Waals surface area contributed by atoms with E-state index in [1.54, 1.807) is 4.52 Å². The molecule has 7 heteroatoms. The number of ether oxygens (including phenoxy) is 1. The molecule has 1 N–H and O–H groups in total. The van der Waals surface area contributed by atoms with E-state index < -0.39 is 0 Å². The van der Waals surface area contributed by atoms with Gasteiger partial charge in [0.15, 0.2) is 5.69 Å². The molecule has 1 spiro atoms. The molecule has 0 radical (unpaired) electrons. The molecule has 0 aliphatic carbocycles. The van der Waals surface area contributed by atoms with Gasteiger partial charge in [0.1, 0.15) is 0 Å². The van der Waals surface area contributed by atoms with Crippen LogP contribution in [-0.2, 0) is 4.74 Å². The zero-order valence-electron chi connectivity index (χ0n) is 16.9. The number of aliphatic hydroxyl groups is 1. The lowest BCUT2D eigenvalue weighted by Gasteiger charge is -2.51. The smallest absolute Gasteiger partial charge is 0.274 e. The minimum atomic E-state index is -0.271. The lowest BCUT2D eigenvalue weighted by molar-refractivity contribution is -0.0695. The van der Waals surface area contributed by atoms with Crippen LogP contribution < -0.4 is 0 Å². The Morgan fingerprint density at radius 3 is 2.76 bits per heavy atom. The zero-order valence-corrected chi connectivity index (χ0v) is 16.9. The molecule has 3 aliphatic heterocycles. The van der Waals surface area contributed by atoms with Crippen LogP contribution in [-0.4, -0.2) is 82.0 Å². The predicted molar refractivity (Wildman–Crippen MR) is 109 cm³/mol. The van der Waals surface area contributed by atoms with Gasteiger partial charge in [0.2, 0.25) is 0 Å². The maximum absolute atomic E-state index is 13.0. The van der Waals surface area contributed by atoms with Crippen molar-refractivity contribution in [1.82, 2.24) is 19.4 Å². The molecule has 0 bridgehead atoms. The first-order chi connectivity index (χ1) is 14.1. The number of pyridine rings is 1. The van der Waals surface area contributed by atoms with Crippen molar-refractivity contribution in [2.24, 2.45) is 5.41 Å². The van der Waals surface area contributed by atoms with Crippen molar-refractivity contribution in [1.29, 1.82) is 0 Å². The second-order valence-electron chi connectivity index (χ2n) is 9.02. The second-order valence-corrected chi connectivity index (χ2v) is 9.02. The predicted octanol–water partition coefficient (Wildman–Crippen LogP) is 1.80. The van der Waals surface area contributed by atoms with E-state index in [1.807, 2.05) is 35.4 Å². The molecule has 3 saturated heterocycles. The molecule has 3 aliphatic rings. The number of carbonyl (C=O) groups excluding carboxylic acids is 1. The summed E-state index contributed by atoms with van der Waals surface area (Å²) in [5.74, 6) is 0.0150. The van der Waals surface area contributed by atoms with Crippen LogP contribution in [0.15, 0.2) is 30.5 Å². The fourth-order valence-electron chi connectivity index (χ4n) is 5.47. The van der Waals surface area contributed by atoms with Crippen molar-refractivity contribution in [3.8, 4) is 0 Å². The highest BCUT2D eigenvalue weighted by Gasteiger charge is 2.44. The number of hydrogen-bond donors (Lipinski definition) is 1. The van der Waals surface area contributed by atoms with Gasteiger partial charge in [-0.05, 0) is 55.7 Å². The Balaban J connectivity index is 1.25. The number of rotatable bonds is 2. The number of hydrogen-bond acceptors (Lipinski definition) is 5. The zero-order chi connectivity index (χ0) is 19.8. The average Bonchev–Trinajstić information content (AvgIpc) is 3.18. The molecule has 3 fully saturated rings. The quantitative estimate of drug-likeness (QED) is 0.835. The Kier molecular flexibility index (Phi) is 5.05. The number of carbonyl (C=O) groups is 1. The van der Waals surface area contributed by atoms with E-state index in [2.05, 4.69) is 10.00 Å². The van der Waals surface area contributed by atoms with Crippen LogP contribution in [0.2, 0.25) is 0 Å². The Morgan fingerprint density at radius 1 is 1.21 bits per heavy atom. The first-order valence-electron chi connectivity index (χ1n) is 10.9. The highest BCUT2D eigenvalue weighted by molar-refractivity contribution is 5.93. The second kappa shape index (κ2) is 7.70. The van der Waals surface area contributed by atoms with Gasteiger partial charge in [0.25, 0.3) is 5.91 Å². The highest BCUT2D eigenvalue weighted by Crippen LogP contribution is 2.41. The molecule has 29 heavy (non-hydrogen) atoms. The lowest BCUT2D eigenvalue weighted by Crippen LogP contribution is -2.57. The minimum absolute atomic E-state index is 0.0150. The van der Waals surface area contributed by atoms with Crippen LogP contribution in [0, 0.1) is 5.41 Å². The van der Waals surface area contributed by atoms with Gasteiger partial charge in [0, 0.05) is 51.6 Å². The molecule has 1 unspecified atom stereocenters. The van der Waals surface area contributed by atoms with Gasteiger partial charge < -0.3 is 14.7 Å². The SMILES string of the molecule is O=C(c1cc2ccccn2n1)N1CCC2(CC1)CC(O)CN(C1CCOCC1)C2. The third kappa shape index (κ3) is 3.79. The van der Waals surface area contributed by atoms with Crippen molar-refractivity contribution in [3.63, 3.8) is 0 Å². The normalized spacial score (nSPS) is 26.2. The fourth-order valence-corrected chi connectivity index (χ4v) is 5.47. The van der Waals surface area contributed by atoms with E-state index in [1.165, 1.54) is 0 Å². The molecule has 1 atom stereocenters. The summed E-state index contributed by atoms with van der Waals surface area (Å²) >= 11 is 0. The van der Waals surface area contributed by atoms with Gasteiger partial charge in [-0.25, -0.2) is 4.52 Å². The van der Waals surface area contributed by atoms with E-state index in [0.717, 1.165) is 77.0 Å². The summed E-state index contributed by atoms with van der Waals surface area (Å²) in [5.41, 5.74) is 1.57. The Morgan fingerprint density at radius 2 is 2.00 bits per heavy atom. The molecule has 2 aromatic heterocycles. The minimum Gasteiger partial charge on any atom is -0.392 e. The van der Waals surface area contributed by atoms with E-state index in [0.29, 0.717) is 11.7 Å². The maximum Gasteiger partial charge on any atom is 0.274 e. The standard InChI is InChI=1S/C22H30N4O3/c27-19-14-22(16-25(15-19)17-4-11-29-12-5-17)6-9-24(10-7-22)21(28)20-13-18-3-1-2-8-26(18)23-20/h1-3,8,13,17,19,27H,4-7,9-12,14-16H2. The molecule has 0 aromatic carbocycles. The van der Waals surface area contributed by atoms with Crippen molar-refractivity contribution >= 4 is 11.4 Å². The first kappa shape index (κ1) is 19.0. The molecule has 7 nitrogen and oxygen atoms in total. The summed E-state index contributed by atoms with van der Waals surface area (Å²) in [6.45, 7) is 4.93. The molecule has 5 heterocycles. The summed E-state index contributed by atoms with van der Waals surface area (Å²) in [6.07, 6.45) is 6.45. The van der Waals surface area contributed by atoms with Crippen LogP contribution in [0.4, 0.5) is 0 Å². The van der Waals surface area contributed by atoms with Crippen LogP contribution in [0.1, 0.15) is 42.6 Å². The van der Waals surface area contributed by atoms with E-state index in [4.69, 9.17) is 4.74 Å². The van der Waals surface area contributed by atoms with Crippen LogP contribution in [0.3, 0.4) is 0 Å². The number of aliphatic hydroxyl groups excluding tert-OH is 1. The van der Waals surface area contributed by atoms with Crippen molar-refractivity contribution in [3.05, 3.63) is 36.2 Å². The van der Waals surface area contributed by atoms with Gasteiger partial charge in [-0.1, -0.05) is 6.07 Å². The summed E-state index contributed by atoms with van der Waals surface area (Å²) in [7, 11) is 0. The van der Waals surface area contributed by atoms with Gasteiger partial charge in [-0.15, -0.1) is 0 Å². The van der Waals surface area contributed by atoms with Gasteiger partial charge >= 0.3 is 0 Å². The Labute approximate surface area is 171 Å². The van der Waals surface area contributed by atoms with Crippen molar-refractivity contribution in [2.45, 2.75) is 44.2 Å². The first-order valence-corrected chi connectivity index (χ1v) is 10.9. The topological polar surface area (TPSA) is 70.3 Å². The maximum atomic E-state index is 13.0. The number of β-amino-alcohol motifs (C(OH)–C–C–N with tert-alkyl or cyclic N) is 1. The third-order valence-corrected chi connectivity index (χ3v) is 7.06. The van der Waals surface area contributed by atoms with Crippen LogP contribution >= 0.6 is 0 Å². The molecular weight excluding hydrogens is 368 g/mol. The lowest BCUT2D eigenvalue weighted by atomic mass is 9.71. The number of fused-ring (bicyclic) bond motifs is 1. The molecule has 1 amide bonds. The summed E-state index contributed by atoms with van der Waals surface area (Å²) < 4.78 is 7.27. The van der Waals surface area contributed by atoms with Gasteiger partial charge in [0.05, 0.1) is 11.6 Å². The summed E-state index contributed by atoms with van der Waals surface area (Å²) in [4.78, 5) is 17.4. The van der Waals surface area contributed by atoms with Gasteiger partial charge in [-0.3, -0.25) is 9.69 Å². The number of aromatic nitrogens is 2. The largest absolute Gasteiger partial charge is 0.392 e. The molecule has 0 saturated carbocycles. The molecule has 156 valence electrons. The highest BCUT2D eigenvalue weighted by atomic mass is 16.5. The van der Waals surface area contributed by atoms with E-state index >= 15 is 0 Å². The summed E-state index contributed by atoms with van der Waals surface area (Å²) in [6, 6.07) is 8.22. The van der Waals surface area contributed by atoms with E-state index in [-0.39, 0.29) is 17.4 Å². The van der Waals surface area contributed by atoms with Crippen LogP contribution in [0.5, 0.6) is 0 Å². The molecular formula is C22H30N4O3. The monoisotopic (exact) mass is 398 g/mol. The van der Waals surface area contributed by atoms with Crippen LogP contribution in [0.25, 0.3) is 5.52 Å². The number of amides is 1. The number of piperidine rings is 2. The average molecular weight is 399 g/mol. The Hall–Kier alpha value is -1.96. The molecule has 2 aromatic rings. The van der Waals surface area contributed by atoms with Gasteiger partial charge in [-0.2, -0.15) is 5.10 Å². The van der Waals surface area contributed by atoms with Crippen molar-refractivity contribution < 1.29 is 14.6 Å². The number of likely N-dealkylation sites (tertiary alicyclic amines) is 2. The van der Waals surface area contributed by atoms with E-state index in [9.17, 15) is 9.90 Å².